The number of nitriles is 1. The van der Waals surface area contributed by atoms with Crippen LogP contribution in [0.25, 0.3) is 77.2 Å². The first-order valence-corrected chi connectivity index (χ1v) is 15.5. The highest BCUT2D eigenvalue weighted by atomic mass is 15.0. The molecule has 2 heterocycles. The van der Waals surface area contributed by atoms with Gasteiger partial charge in [-0.25, -0.2) is 0 Å². The quantitative estimate of drug-likeness (QED) is 0.202. The van der Waals surface area contributed by atoms with E-state index in [9.17, 15) is 5.26 Å². The Kier molecular flexibility index (Phi) is 5.88. The maximum Gasteiger partial charge on any atom is 0.0992 e. The molecule has 0 unspecified atom stereocenters. The molecule has 2 aromatic heterocycles. The second kappa shape index (κ2) is 10.4. The number of hydrogen-bond acceptors (Lipinski definition) is 1. The van der Waals surface area contributed by atoms with Gasteiger partial charge in [-0.15, -0.1) is 0 Å². The molecular weight excluding hydrogens is 558 g/mol. The highest BCUT2D eigenvalue weighted by Gasteiger charge is 2.21. The standard InChI is InChI=1S/C43H27N3/c44-28-29-13-11-14-30(27-29)45-39-23-7-6-20-36(39)38-22-12-21-37(43(38)45)32-16-2-1-15-31(32)33-17-3-8-24-40(33)46-41-25-9-4-18-34(41)35-19-5-10-26-42(35)46/h1-27H. The average molecular weight is 586 g/mol. The molecule has 0 N–H and O–H groups in total. The van der Waals surface area contributed by atoms with Crippen molar-refractivity contribution in [3.05, 3.63) is 169 Å². The minimum Gasteiger partial charge on any atom is -0.309 e. The van der Waals surface area contributed by atoms with Crippen LogP contribution in [0.5, 0.6) is 0 Å². The fourth-order valence-corrected chi connectivity index (χ4v) is 7.25. The largest absolute Gasteiger partial charge is 0.309 e. The number of fused-ring (bicyclic) bond motifs is 6. The molecule has 0 fully saturated rings. The van der Waals surface area contributed by atoms with Gasteiger partial charge in [-0.3, -0.25) is 0 Å². The average Bonchev–Trinajstić information content (AvgIpc) is 3.65. The molecule has 0 saturated heterocycles. The van der Waals surface area contributed by atoms with E-state index in [0.29, 0.717) is 5.56 Å². The van der Waals surface area contributed by atoms with Crippen molar-refractivity contribution in [1.29, 1.82) is 5.26 Å². The summed E-state index contributed by atoms with van der Waals surface area (Å²) in [5.74, 6) is 0. The van der Waals surface area contributed by atoms with Gasteiger partial charge in [0, 0.05) is 38.4 Å². The van der Waals surface area contributed by atoms with Crippen molar-refractivity contribution in [3.63, 3.8) is 0 Å². The van der Waals surface area contributed by atoms with E-state index in [1.807, 2.05) is 18.2 Å². The first-order chi connectivity index (χ1) is 22.8. The fraction of sp³-hybridized carbons (Fsp3) is 0. The summed E-state index contributed by atoms with van der Waals surface area (Å²) in [6.07, 6.45) is 0. The summed E-state index contributed by atoms with van der Waals surface area (Å²) >= 11 is 0. The summed E-state index contributed by atoms with van der Waals surface area (Å²) in [4.78, 5) is 0. The highest BCUT2D eigenvalue weighted by Crippen LogP contribution is 2.43. The lowest BCUT2D eigenvalue weighted by Gasteiger charge is -2.18. The number of benzene rings is 7. The zero-order valence-electron chi connectivity index (χ0n) is 24.9. The predicted molar refractivity (Wildman–Crippen MR) is 191 cm³/mol. The molecule has 0 spiro atoms. The molecule has 0 atom stereocenters. The third-order valence-electron chi connectivity index (χ3n) is 9.16. The number of aromatic nitrogens is 2. The minimum atomic E-state index is 0.640. The lowest BCUT2D eigenvalue weighted by Crippen LogP contribution is -1.99. The Hall–Kier alpha value is -6.37. The number of nitrogens with zero attached hydrogens (tertiary/aromatic N) is 3. The minimum absolute atomic E-state index is 0.640. The number of hydrogen-bond donors (Lipinski definition) is 0. The van der Waals surface area contributed by atoms with Crippen molar-refractivity contribution < 1.29 is 0 Å². The van der Waals surface area contributed by atoms with Gasteiger partial charge in [-0.2, -0.15) is 5.26 Å². The Morgan fingerprint density at radius 1 is 0.391 bits per heavy atom. The number of para-hydroxylation sites is 5. The maximum absolute atomic E-state index is 9.76. The smallest absolute Gasteiger partial charge is 0.0992 e. The molecule has 0 radical (unpaired) electrons. The zero-order chi connectivity index (χ0) is 30.6. The molecule has 3 nitrogen and oxygen atoms in total. The van der Waals surface area contributed by atoms with E-state index in [0.717, 1.165) is 44.7 Å². The Morgan fingerprint density at radius 2 is 0.870 bits per heavy atom. The molecule has 0 aliphatic rings. The van der Waals surface area contributed by atoms with E-state index in [4.69, 9.17) is 0 Å². The zero-order valence-corrected chi connectivity index (χ0v) is 24.9. The van der Waals surface area contributed by atoms with Gasteiger partial charge in [0.15, 0.2) is 0 Å². The first kappa shape index (κ1) is 26.1. The summed E-state index contributed by atoms with van der Waals surface area (Å²) < 4.78 is 4.72. The molecule has 0 aliphatic heterocycles. The first-order valence-electron chi connectivity index (χ1n) is 15.5. The Morgan fingerprint density at radius 3 is 1.54 bits per heavy atom. The summed E-state index contributed by atoms with van der Waals surface area (Å²) in [7, 11) is 0. The van der Waals surface area contributed by atoms with Gasteiger partial charge >= 0.3 is 0 Å². The molecular formula is C43H27N3. The maximum atomic E-state index is 9.76. The van der Waals surface area contributed by atoms with Crippen LogP contribution in [0, 0.1) is 11.3 Å². The molecule has 9 aromatic rings. The van der Waals surface area contributed by atoms with Crippen LogP contribution in [0.15, 0.2) is 164 Å². The molecule has 3 heteroatoms. The van der Waals surface area contributed by atoms with E-state index in [-0.39, 0.29) is 0 Å². The molecule has 0 saturated carbocycles. The van der Waals surface area contributed by atoms with E-state index in [2.05, 4.69) is 161 Å². The van der Waals surface area contributed by atoms with Crippen LogP contribution >= 0.6 is 0 Å². The van der Waals surface area contributed by atoms with Crippen molar-refractivity contribution in [2.24, 2.45) is 0 Å². The summed E-state index contributed by atoms with van der Waals surface area (Å²) in [6, 6.07) is 60.2. The van der Waals surface area contributed by atoms with Gasteiger partial charge in [0.05, 0.1) is 39.4 Å². The SMILES string of the molecule is N#Cc1cccc(-n2c3ccccc3c3cccc(-c4ccccc4-c4ccccc4-n4c5ccccc5c5ccccc54)c32)c1. The van der Waals surface area contributed by atoms with Gasteiger partial charge in [0.1, 0.15) is 0 Å². The van der Waals surface area contributed by atoms with Crippen LogP contribution in [0.4, 0.5) is 0 Å². The van der Waals surface area contributed by atoms with Crippen LogP contribution in [-0.2, 0) is 0 Å². The Labute approximate surface area is 266 Å². The van der Waals surface area contributed by atoms with Gasteiger partial charge in [0.2, 0.25) is 0 Å². The van der Waals surface area contributed by atoms with Crippen LogP contribution < -0.4 is 0 Å². The number of rotatable bonds is 4. The molecule has 0 amide bonds. The molecule has 0 bridgehead atoms. The lowest BCUT2D eigenvalue weighted by atomic mass is 9.92. The van der Waals surface area contributed by atoms with Gasteiger partial charge < -0.3 is 9.13 Å². The second-order valence-electron chi connectivity index (χ2n) is 11.6. The lowest BCUT2D eigenvalue weighted by molar-refractivity contribution is 1.18. The van der Waals surface area contributed by atoms with Crippen molar-refractivity contribution >= 4 is 43.6 Å². The van der Waals surface area contributed by atoms with Crippen molar-refractivity contribution in [1.82, 2.24) is 9.13 Å². The molecule has 46 heavy (non-hydrogen) atoms. The third-order valence-corrected chi connectivity index (χ3v) is 9.16. The van der Waals surface area contributed by atoms with Crippen LogP contribution in [0.1, 0.15) is 5.56 Å². The van der Waals surface area contributed by atoms with Crippen molar-refractivity contribution in [2.75, 3.05) is 0 Å². The van der Waals surface area contributed by atoms with Crippen LogP contribution in [-0.4, -0.2) is 9.13 Å². The van der Waals surface area contributed by atoms with E-state index >= 15 is 0 Å². The Balaban J connectivity index is 1.36. The van der Waals surface area contributed by atoms with Gasteiger partial charge in [0.25, 0.3) is 0 Å². The van der Waals surface area contributed by atoms with Crippen LogP contribution in [0.3, 0.4) is 0 Å². The monoisotopic (exact) mass is 585 g/mol. The van der Waals surface area contributed by atoms with Crippen LogP contribution in [0.2, 0.25) is 0 Å². The molecule has 214 valence electrons. The highest BCUT2D eigenvalue weighted by molar-refractivity contribution is 6.15. The Bertz CT molecular complexity index is 2610. The van der Waals surface area contributed by atoms with Crippen molar-refractivity contribution in [2.45, 2.75) is 0 Å². The summed E-state index contributed by atoms with van der Waals surface area (Å²) in [5.41, 5.74) is 12.0. The van der Waals surface area contributed by atoms with Gasteiger partial charge in [-0.05, 0) is 53.6 Å². The molecule has 9 rings (SSSR count). The second-order valence-corrected chi connectivity index (χ2v) is 11.6. The summed E-state index contributed by atoms with van der Waals surface area (Å²) in [6.45, 7) is 0. The molecule has 7 aromatic carbocycles. The normalized spacial score (nSPS) is 11.5. The van der Waals surface area contributed by atoms with E-state index in [1.165, 1.54) is 32.6 Å². The van der Waals surface area contributed by atoms with E-state index in [1.54, 1.807) is 0 Å². The predicted octanol–water partition coefficient (Wildman–Crippen LogP) is 11.1. The third kappa shape index (κ3) is 3.84. The van der Waals surface area contributed by atoms with Crippen molar-refractivity contribution in [3.8, 4) is 39.7 Å². The fourth-order valence-electron chi connectivity index (χ4n) is 7.25. The van der Waals surface area contributed by atoms with E-state index < -0.39 is 0 Å². The van der Waals surface area contributed by atoms with Gasteiger partial charge in [-0.1, -0.05) is 121 Å². The topological polar surface area (TPSA) is 33.6 Å². The molecule has 0 aliphatic carbocycles. The summed E-state index contributed by atoms with van der Waals surface area (Å²) in [5, 5.41) is 14.6.